The van der Waals surface area contributed by atoms with E-state index in [4.69, 9.17) is 27.9 Å². The summed E-state index contributed by atoms with van der Waals surface area (Å²) in [5.74, 6) is -0.320. The summed E-state index contributed by atoms with van der Waals surface area (Å²) in [6, 6.07) is 1.39. The molecule has 0 radical (unpaired) electrons. The van der Waals surface area contributed by atoms with Gasteiger partial charge < -0.3 is 10.1 Å². The van der Waals surface area contributed by atoms with Crippen molar-refractivity contribution in [3.05, 3.63) is 21.9 Å². The molecule has 1 aliphatic heterocycles. The monoisotopic (exact) mass is 275 g/mol. The summed E-state index contributed by atoms with van der Waals surface area (Å²) in [6.07, 6.45) is 0.766. The Morgan fingerprint density at radius 3 is 2.94 bits per heavy atom. The molecular formula is C10H11Cl2N3O2. The Labute approximate surface area is 108 Å². The summed E-state index contributed by atoms with van der Waals surface area (Å²) >= 11 is 11.5. The summed E-state index contributed by atoms with van der Waals surface area (Å²) in [5.41, 5.74) is -0.143. The zero-order valence-electron chi connectivity index (χ0n) is 9.17. The third-order valence-corrected chi connectivity index (χ3v) is 3.06. The van der Waals surface area contributed by atoms with Crippen LogP contribution in [-0.4, -0.2) is 34.9 Å². The summed E-state index contributed by atoms with van der Waals surface area (Å²) in [5, 5.41) is 10.2. The maximum Gasteiger partial charge on any atom is 0.255 e. The number of rotatable bonds is 2. The molecule has 7 heteroatoms. The molecule has 0 aliphatic carbocycles. The van der Waals surface area contributed by atoms with Crippen LogP contribution in [-0.2, 0) is 4.74 Å². The van der Waals surface area contributed by atoms with Gasteiger partial charge >= 0.3 is 0 Å². The molecule has 1 fully saturated rings. The molecule has 0 spiro atoms. The van der Waals surface area contributed by atoms with Crippen molar-refractivity contribution in [2.24, 2.45) is 0 Å². The van der Waals surface area contributed by atoms with Crippen LogP contribution in [0, 0.1) is 0 Å². The van der Waals surface area contributed by atoms with E-state index in [1.54, 1.807) is 0 Å². The molecular weight excluding hydrogens is 265 g/mol. The van der Waals surface area contributed by atoms with Crippen LogP contribution in [0.5, 0.6) is 0 Å². The highest BCUT2D eigenvalue weighted by Crippen LogP contribution is 2.20. The number of ether oxygens (including phenoxy) is 1. The fourth-order valence-electron chi connectivity index (χ4n) is 1.62. The van der Waals surface area contributed by atoms with Crippen molar-refractivity contribution in [3.8, 4) is 0 Å². The summed E-state index contributed by atoms with van der Waals surface area (Å²) in [4.78, 5) is 12.0. The van der Waals surface area contributed by atoms with Crippen molar-refractivity contribution in [2.75, 3.05) is 13.2 Å². The minimum Gasteiger partial charge on any atom is -0.379 e. The van der Waals surface area contributed by atoms with E-state index >= 15 is 0 Å². The van der Waals surface area contributed by atoms with Crippen molar-refractivity contribution < 1.29 is 9.53 Å². The van der Waals surface area contributed by atoms with Crippen LogP contribution in [0.4, 0.5) is 0 Å². The first-order chi connectivity index (χ1) is 8.00. The van der Waals surface area contributed by atoms with Crippen LogP contribution < -0.4 is 5.32 Å². The van der Waals surface area contributed by atoms with Crippen LogP contribution in [0.2, 0.25) is 10.3 Å². The van der Waals surface area contributed by atoms with Gasteiger partial charge in [0.1, 0.15) is 0 Å². The van der Waals surface area contributed by atoms with Gasteiger partial charge in [0.25, 0.3) is 5.91 Å². The Hall–Kier alpha value is -0.910. The number of amides is 1. The van der Waals surface area contributed by atoms with Gasteiger partial charge in [0.15, 0.2) is 10.3 Å². The number of hydrogen-bond donors (Lipinski definition) is 1. The molecule has 0 aromatic carbocycles. The normalized spacial score (nSPS) is 23.7. The number of nitrogens with zero attached hydrogens (tertiary/aromatic N) is 2. The van der Waals surface area contributed by atoms with Gasteiger partial charge in [-0.1, -0.05) is 23.2 Å². The van der Waals surface area contributed by atoms with Crippen LogP contribution in [0.3, 0.4) is 0 Å². The molecule has 1 N–H and O–H groups in total. The molecule has 17 heavy (non-hydrogen) atoms. The van der Waals surface area contributed by atoms with Crippen molar-refractivity contribution in [1.82, 2.24) is 15.5 Å². The van der Waals surface area contributed by atoms with E-state index in [0.717, 1.165) is 6.42 Å². The quantitative estimate of drug-likeness (QED) is 0.892. The molecule has 1 saturated heterocycles. The van der Waals surface area contributed by atoms with Crippen LogP contribution in [0.15, 0.2) is 6.07 Å². The van der Waals surface area contributed by atoms with Gasteiger partial charge in [-0.3, -0.25) is 4.79 Å². The molecule has 2 rings (SSSR count). The molecule has 1 aliphatic rings. The van der Waals surface area contributed by atoms with E-state index in [-0.39, 0.29) is 27.3 Å². The van der Waals surface area contributed by atoms with E-state index in [0.29, 0.717) is 13.2 Å². The zero-order chi connectivity index (χ0) is 12.5. The highest BCUT2D eigenvalue weighted by molar-refractivity contribution is 6.34. The largest absolute Gasteiger partial charge is 0.379 e. The molecule has 2 heterocycles. The van der Waals surface area contributed by atoms with Crippen LogP contribution >= 0.6 is 23.2 Å². The Kier molecular flexibility index (Phi) is 3.51. The van der Waals surface area contributed by atoms with Crippen molar-refractivity contribution in [1.29, 1.82) is 0 Å². The molecule has 5 nitrogen and oxygen atoms in total. The van der Waals surface area contributed by atoms with E-state index < -0.39 is 0 Å². The number of hydrogen-bond acceptors (Lipinski definition) is 4. The van der Waals surface area contributed by atoms with E-state index in [1.165, 1.54) is 6.07 Å². The Morgan fingerprint density at radius 2 is 2.29 bits per heavy atom. The number of halogens is 2. The standard InChI is InChI=1S/C10H11Cl2N3O2/c1-10(2-3-17-5-10)13-9(16)6-4-7(11)14-15-8(6)12/h4H,2-3,5H2,1H3,(H,13,16). The lowest BCUT2D eigenvalue weighted by Gasteiger charge is -2.23. The smallest absolute Gasteiger partial charge is 0.255 e. The third-order valence-electron chi connectivity index (χ3n) is 2.60. The maximum atomic E-state index is 12.0. The van der Waals surface area contributed by atoms with Gasteiger partial charge in [0, 0.05) is 6.61 Å². The molecule has 1 unspecified atom stereocenters. The van der Waals surface area contributed by atoms with Crippen molar-refractivity contribution in [2.45, 2.75) is 18.9 Å². The molecule has 1 amide bonds. The highest BCUT2D eigenvalue weighted by atomic mass is 35.5. The van der Waals surface area contributed by atoms with Gasteiger partial charge in [0.05, 0.1) is 17.7 Å². The lowest BCUT2D eigenvalue weighted by molar-refractivity contribution is 0.0889. The fourth-order valence-corrected chi connectivity index (χ4v) is 1.94. The fraction of sp³-hybridized carbons (Fsp3) is 0.500. The second-order valence-corrected chi connectivity index (χ2v) is 4.93. The Balaban J connectivity index is 2.17. The lowest BCUT2D eigenvalue weighted by atomic mass is 10.0. The molecule has 92 valence electrons. The lowest BCUT2D eigenvalue weighted by Crippen LogP contribution is -2.46. The average Bonchev–Trinajstić information content (AvgIpc) is 2.68. The SMILES string of the molecule is CC1(NC(=O)c2cc(Cl)nnc2Cl)CCOC1. The van der Waals surface area contributed by atoms with Crippen LogP contribution in [0.25, 0.3) is 0 Å². The number of carbonyl (C=O) groups is 1. The van der Waals surface area contributed by atoms with E-state index in [1.807, 2.05) is 6.92 Å². The first-order valence-corrected chi connectivity index (χ1v) is 5.85. The second-order valence-electron chi connectivity index (χ2n) is 4.19. The third kappa shape index (κ3) is 2.86. The predicted molar refractivity (Wildman–Crippen MR) is 63.4 cm³/mol. The molecule has 1 aromatic heterocycles. The van der Waals surface area contributed by atoms with Crippen molar-refractivity contribution >= 4 is 29.1 Å². The van der Waals surface area contributed by atoms with Gasteiger partial charge in [-0.15, -0.1) is 10.2 Å². The van der Waals surface area contributed by atoms with Crippen LogP contribution in [0.1, 0.15) is 23.7 Å². The minimum absolute atomic E-state index is 0.0365. The summed E-state index contributed by atoms with van der Waals surface area (Å²) in [6.45, 7) is 3.05. The molecule has 0 bridgehead atoms. The average molecular weight is 276 g/mol. The second kappa shape index (κ2) is 4.76. The number of carbonyl (C=O) groups excluding carboxylic acids is 1. The van der Waals surface area contributed by atoms with E-state index in [2.05, 4.69) is 15.5 Å². The van der Waals surface area contributed by atoms with E-state index in [9.17, 15) is 4.79 Å². The molecule has 1 atom stereocenters. The molecule has 1 aromatic rings. The van der Waals surface area contributed by atoms with Gasteiger partial charge in [-0.05, 0) is 19.4 Å². The Bertz CT molecular complexity index is 447. The Morgan fingerprint density at radius 1 is 1.53 bits per heavy atom. The predicted octanol–water partition coefficient (Wildman–Crippen LogP) is 1.69. The first-order valence-electron chi connectivity index (χ1n) is 5.09. The van der Waals surface area contributed by atoms with Gasteiger partial charge in [-0.25, -0.2) is 0 Å². The number of nitrogens with one attached hydrogen (secondary N) is 1. The van der Waals surface area contributed by atoms with Gasteiger partial charge in [-0.2, -0.15) is 0 Å². The highest BCUT2D eigenvalue weighted by Gasteiger charge is 2.32. The zero-order valence-corrected chi connectivity index (χ0v) is 10.7. The maximum absolute atomic E-state index is 12.0. The molecule has 0 saturated carbocycles. The van der Waals surface area contributed by atoms with Crippen molar-refractivity contribution in [3.63, 3.8) is 0 Å². The first kappa shape index (κ1) is 12.5. The van der Waals surface area contributed by atoms with Gasteiger partial charge in [0.2, 0.25) is 0 Å². The summed E-state index contributed by atoms with van der Waals surface area (Å²) in [7, 11) is 0. The summed E-state index contributed by atoms with van der Waals surface area (Å²) < 4.78 is 5.25. The minimum atomic E-state index is -0.365. The topological polar surface area (TPSA) is 64.1 Å². The number of aromatic nitrogens is 2.